The first-order valence-corrected chi connectivity index (χ1v) is 54.9. The zero-order valence-electron chi connectivity index (χ0n) is 80.8. The van der Waals surface area contributed by atoms with Crippen molar-refractivity contribution in [3.8, 4) is 0 Å². The first-order chi connectivity index (χ1) is 65.2. The molecule has 136 heavy (non-hydrogen) atoms. The number of carbonyl (C=O) groups excluding carboxylic acids is 2. The summed E-state index contributed by atoms with van der Waals surface area (Å²) in [5.41, 5.74) is 4.15. The molecule has 31 nitrogen and oxygen atoms in total. The van der Waals surface area contributed by atoms with Crippen LogP contribution in [0.25, 0.3) is 0 Å². The molecule has 0 aromatic rings. The van der Waals surface area contributed by atoms with Crippen molar-refractivity contribution in [2.75, 3.05) is 25.7 Å². The lowest BCUT2D eigenvalue weighted by Gasteiger charge is -2.51. The second kappa shape index (κ2) is 38.4. The van der Waals surface area contributed by atoms with Crippen LogP contribution in [0.15, 0.2) is 48.6 Å². The number of esters is 1. The minimum absolute atomic E-state index is 0.00546. The van der Waals surface area contributed by atoms with Crippen LogP contribution in [-0.2, 0) is 119 Å². The second-order valence-electron chi connectivity index (χ2n) is 47.5. The third-order valence-corrected chi connectivity index (χ3v) is 38.9. The van der Waals surface area contributed by atoms with Crippen molar-refractivity contribution in [1.82, 2.24) is 0 Å². The molecule has 23 saturated heterocycles. The van der Waals surface area contributed by atoms with Gasteiger partial charge in [0.15, 0.2) is 17.4 Å². The Bertz CT molecular complexity index is 4490. The minimum Gasteiger partial charge on any atom is -0.462 e. The normalized spacial score (nSPS) is 53.7. The van der Waals surface area contributed by atoms with Crippen LogP contribution in [0.5, 0.6) is 0 Å². The van der Waals surface area contributed by atoms with Crippen molar-refractivity contribution in [1.29, 1.82) is 0 Å². The Morgan fingerprint density at radius 2 is 0.934 bits per heavy atom. The number of hydrogen-bond acceptors (Lipinski definition) is 31. The molecule has 51 atom stereocenters. The molecule has 3 saturated carbocycles. The van der Waals surface area contributed by atoms with Crippen molar-refractivity contribution in [3.63, 3.8) is 0 Å². The van der Waals surface area contributed by atoms with E-state index in [0.29, 0.717) is 77.0 Å². The standard InChI is InChI=1S/C62H90O17.C42H62O12S.H3NO/c1-28-13-38-7-9-42-29(2)14-40(67-42)11-12-61-26-49-56(78-61)57-58(73-49)59(79-61)55-43(70-57)10-8-39(69-55)19-50(66)74-54-33(6)53-35(15-34(54)16-44(68-38)32(28)5)17-46-48(72-53)25-62(76-46)24-36-23-60(21-30(3)51(36)77-62)22-31(4)52-47(75-60)20-45(71-52)41(65)18-37(64)27-63;1-21-12-28-6-8-32-22(2)13-30(48-32)10-11-42-19-35-38(53-42)39-40(52-35)41(54-42)37-33(51-39)9-7-29(50-37)17-26(43)18-31-24(16-34(49-28)23(21)3)14-25(36(31)47-4)15-27(44)20-55(5,45)46;1-2/h28,30-31,33-49,51-59,63-65H,2,5,7-27H2,1,3-4,6H3;21,24-25,27-41,44H,2-3,6-20H2,1,4-5H3;2H,1H2/t28-,30+,31+,33+,34+,35+,36+,37+,38+,39-,40+,41-,42?,43+,44?,45+,46-,47+,48-,49-,51+,52+,53+,54-,55+,56+,57+,58-,59+,60-,61+,62-;21-,24?,25-,27+,28+,29-,30+,31+,32?,33+,34?,35-,36+,37+,38+,39+,40-,41+,42+;/m11./s1. The molecule has 5 unspecified atom stereocenters. The van der Waals surface area contributed by atoms with Gasteiger partial charge in [0.2, 0.25) is 0 Å². The number of sulfone groups is 1. The van der Waals surface area contributed by atoms with Crippen molar-refractivity contribution in [2.24, 2.45) is 71.0 Å². The van der Waals surface area contributed by atoms with Crippen LogP contribution in [0.4, 0.5) is 0 Å². The summed E-state index contributed by atoms with van der Waals surface area (Å²) in [5, 5.41) is 47.8. The van der Waals surface area contributed by atoms with Crippen LogP contribution in [0, 0.1) is 65.1 Å². The summed E-state index contributed by atoms with van der Waals surface area (Å²) < 4.78 is 168. The van der Waals surface area contributed by atoms with Gasteiger partial charge in [-0.15, -0.1) is 0 Å². The fourth-order valence-corrected chi connectivity index (χ4v) is 32.9. The van der Waals surface area contributed by atoms with Gasteiger partial charge in [-0.3, -0.25) is 9.59 Å². The molecule has 24 bridgehead atoms. The zero-order chi connectivity index (χ0) is 94.4. The highest BCUT2D eigenvalue weighted by Gasteiger charge is 2.73. The summed E-state index contributed by atoms with van der Waals surface area (Å²) in [6.45, 7) is 29.0. The summed E-state index contributed by atoms with van der Waals surface area (Å²) in [6.07, 6.45) is 15.9. The molecule has 0 amide bonds. The van der Waals surface area contributed by atoms with Crippen LogP contribution in [0.1, 0.15) is 253 Å². The smallest absolute Gasteiger partial charge is 0.308 e. The summed E-state index contributed by atoms with van der Waals surface area (Å²) >= 11 is 0. The van der Waals surface area contributed by atoms with E-state index in [1.807, 2.05) is 0 Å². The second-order valence-corrected chi connectivity index (χ2v) is 49.7. The van der Waals surface area contributed by atoms with Gasteiger partial charge in [0.25, 0.3) is 0 Å². The maximum Gasteiger partial charge on any atom is 0.308 e. The molecule has 0 radical (unpaired) electrons. The van der Waals surface area contributed by atoms with Crippen LogP contribution >= 0.6 is 0 Å². The highest BCUT2D eigenvalue weighted by Crippen LogP contribution is 2.63. The van der Waals surface area contributed by atoms with Crippen molar-refractivity contribution < 1.29 is 143 Å². The van der Waals surface area contributed by atoms with Gasteiger partial charge in [0, 0.05) is 83.5 Å². The van der Waals surface area contributed by atoms with E-state index in [9.17, 15) is 38.4 Å². The molecular weight excluding hydrogens is 1780 g/mol. The molecule has 7 N–H and O–H groups in total. The van der Waals surface area contributed by atoms with E-state index in [1.54, 1.807) is 7.11 Å². The number of Topliss-reactive ketones (excluding diaryl/α,β-unsaturated/α-hetero) is 1. The Balaban J connectivity index is 0.000000165. The lowest BCUT2D eigenvalue weighted by atomic mass is 9.66. The average Bonchev–Trinajstić information content (AvgIpc) is 1.55. The number of ether oxygens (including phenoxy) is 21. The van der Waals surface area contributed by atoms with Gasteiger partial charge in [-0.2, -0.15) is 0 Å². The monoisotopic (exact) mass is 1930 g/mol. The summed E-state index contributed by atoms with van der Waals surface area (Å²) in [4.78, 5) is 28.8. The summed E-state index contributed by atoms with van der Waals surface area (Å²) in [5.74, 6) is 1.95. The molecule has 26 fully saturated rings. The van der Waals surface area contributed by atoms with Gasteiger partial charge in [0.1, 0.15) is 82.8 Å². The predicted molar refractivity (Wildman–Crippen MR) is 486 cm³/mol. The number of carbonyl (C=O) groups is 2. The van der Waals surface area contributed by atoms with E-state index in [-0.39, 0.29) is 297 Å². The summed E-state index contributed by atoms with van der Waals surface area (Å²) in [7, 11) is -1.71. The van der Waals surface area contributed by atoms with E-state index < -0.39 is 70.4 Å². The van der Waals surface area contributed by atoms with Gasteiger partial charge in [0.05, 0.1) is 177 Å². The molecule has 3 aliphatic carbocycles. The Labute approximate surface area is 801 Å². The van der Waals surface area contributed by atoms with Gasteiger partial charge >= 0.3 is 5.97 Å². The topological polar surface area (TPSA) is 389 Å². The number of methoxy groups -OCH3 is 1. The molecule has 4 spiro atoms. The number of aliphatic hydroxyl groups is 4. The molecule has 32 heteroatoms. The molecular formula is C104H155NO30S. The van der Waals surface area contributed by atoms with Crippen LogP contribution in [-0.4, -0.2) is 314 Å². The van der Waals surface area contributed by atoms with Crippen LogP contribution in [0.3, 0.4) is 0 Å². The van der Waals surface area contributed by atoms with E-state index in [0.717, 1.165) is 144 Å². The van der Waals surface area contributed by atoms with Gasteiger partial charge < -0.3 is 125 Å². The highest BCUT2D eigenvalue weighted by atomic mass is 32.2. The van der Waals surface area contributed by atoms with Gasteiger partial charge in [-0.05, 0) is 229 Å². The Morgan fingerprint density at radius 3 is 1.52 bits per heavy atom. The maximum atomic E-state index is 14.6. The molecule has 26 aliphatic rings. The van der Waals surface area contributed by atoms with Crippen molar-refractivity contribution >= 4 is 21.6 Å². The number of ketones is 1. The number of nitrogens with two attached hydrogens (primary N) is 1. The number of rotatable bonds is 9. The Morgan fingerprint density at radius 1 is 0.419 bits per heavy atom. The Hall–Kier alpha value is -2.99. The number of hydrogen-bond donors (Lipinski definition) is 6. The molecule has 26 rings (SSSR count). The third-order valence-electron chi connectivity index (χ3n) is 37.9. The molecule has 762 valence electrons. The zero-order valence-corrected chi connectivity index (χ0v) is 81.7. The van der Waals surface area contributed by atoms with Crippen molar-refractivity contribution in [2.45, 2.75) is 496 Å². The largest absolute Gasteiger partial charge is 0.462 e. The van der Waals surface area contributed by atoms with E-state index >= 15 is 0 Å². The quantitative estimate of drug-likeness (QED) is 0.0709. The third kappa shape index (κ3) is 18.7. The van der Waals surface area contributed by atoms with E-state index in [1.165, 1.54) is 0 Å². The van der Waals surface area contributed by atoms with Crippen LogP contribution < -0.4 is 5.90 Å². The Kier molecular flexibility index (Phi) is 27.6. The number of fused-ring (bicyclic) bond motifs is 16. The minimum atomic E-state index is -3.37. The summed E-state index contributed by atoms with van der Waals surface area (Å²) in [6, 6.07) is 0. The molecule has 0 aromatic heterocycles. The molecule has 23 aliphatic heterocycles. The fraction of sp³-hybridized carbons (Fsp3) is 0.904. The molecule has 23 heterocycles. The first-order valence-electron chi connectivity index (χ1n) is 52.9. The molecule has 0 aromatic carbocycles. The average molecular weight is 1930 g/mol. The van der Waals surface area contributed by atoms with E-state index in [4.69, 9.17) is 105 Å². The highest BCUT2D eigenvalue weighted by molar-refractivity contribution is 7.90. The van der Waals surface area contributed by atoms with Gasteiger partial charge in [-0.1, -0.05) is 60.9 Å². The maximum absolute atomic E-state index is 14.6. The lowest BCUT2D eigenvalue weighted by molar-refractivity contribution is -0.293. The number of aliphatic hydroxyl groups excluding tert-OH is 4. The fourth-order valence-electron chi connectivity index (χ4n) is 32.0. The van der Waals surface area contributed by atoms with E-state index in [2.05, 4.69) is 66.8 Å². The predicted octanol–water partition coefficient (Wildman–Crippen LogP) is 10.2. The van der Waals surface area contributed by atoms with Crippen molar-refractivity contribution in [3.05, 3.63) is 48.6 Å². The first kappa shape index (κ1) is 97.7. The van der Waals surface area contributed by atoms with Crippen LogP contribution in [0.2, 0.25) is 0 Å². The SMILES string of the molecule is C=C1C[C@@H]2CC[C@@]34C[C@H]5O[C@H]6[C@@H](O3)[C@H]3O[C@H](CC[C@@H]3O[C@H]6[C@H]5O4)CC(=O)C[C@H]3C(CC4O[C@@H](CCC1O2)C[C@@H](C)C4=C)C[C@H](C[C@H](O)CS(C)(=O)=O)[C@@H]3OC.C=C1C[C@@H]2CC[C@@]34C[C@H]5O[C@H]6[C@@H](O3)[C@H]3O[C@H](CC[C@@H]3O[C@H]6[C@H]5O4)CC(=O)O[C@H]3[C@H](CC4O[C@@H](CCC1O2)C[C@@H](C)C4=C)C[C@H]1C[C@H]2O[C@@]4(C[C@@H]5C[C@@]6(C[C@H](C)[C@@H]5O4)C[C@H](C)[C@@H]4O[C@H]([C@H](O)C[C@H](O)CO)C[C@@H]4O6)C[C@H]2O[C@H]1[C@@H]3C.NO. The lowest BCUT2D eigenvalue weighted by Crippen LogP contribution is -2.61. The van der Waals surface area contributed by atoms with Gasteiger partial charge in [-0.25, -0.2) is 14.3 Å².